The number of hydrogen-bond donors (Lipinski definition) is 2. The van der Waals surface area contributed by atoms with Gasteiger partial charge in [0.25, 0.3) is 0 Å². The number of nitrogens with one attached hydrogen (secondary N) is 1. The van der Waals surface area contributed by atoms with Gasteiger partial charge < -0.3 is 15.2 Å². The van der Waals surface area contributed by atoms with E-state index in [0.29, 0.717) is 12.4 Å². The van der Waals surface area contributed by atoms with Crippen molar-refractivity contribution in [3.63, 3.8) is 0 Å². The lowest BCUT2D eigenvalue weighted by Crippen LogP contribution is -2.37. The van der Waals surface area contributed by atoms with Gasteiger partial charge >= 0.3 is 0 Å². The van der Waals surface area contributed by atoms with Crippen molar-refractivity contribution in [1.82, 2.24) is 9.88 Å². The van der Waals surface area contributed by atoms with Crippen molar-refractivity contribution in [2.24, 2.45) is 5.84 Å². The zero-order valence-electron chi connectivity index (χ0n) is 11.2. The van der Waals surface area contributed by atoms with Gasteiger partial charge in [-0.3, -0.25) is 4.79 Å². The third-order valence-electron chi connectivity index (χ3n) is 2.52. The molecule has 0 unspecified atom stereocenters. The van der Waals surface area contributed by atoms with Crippen LogP contribution in [0, 0.1) is 0 Å². The number of carbonyl (C=O) groups excluding carboxylic acids is 1. The molecule has 0 aromatic carbocycles. The Kier molecular flexibility index (Phi) is 5.38. The number of hydrazine groups is 1. The maximum absolute atomic E-state index is 11.8. The van der Waals surface area contributed by atoms with E-state index in [1.807, 2.05) is 17.0 Å². The maximum Gasteiger partial charge on any atom is 0.241 e. The summed E-state index contributed by atoms with van der Waals surface area (Å²) in [6.07, 6.45) is 0.947. The van der Waals surface area contributed by atoms with E-state index in [1.165, 1.54) is 0 Å². The van der Waals surface area contributed by atoms with Crippen LogP contribution in [0.2, 0.25) is 0 Å². The first kappa shape index (κ1) is 14.2. The number of pyridine rings is 1. The standard InChI is InChI=1S/C12H21N5O/c1-4-8-17(9-12(18)16(2)3)11-7-5-6-10(14-11)15-13/h5-7H,4,8-9,13H2,1-3H3,(H,14,15). The number of carbonyl (C=O) groups is 1. The first-order valence-corrected chi connectivity index (χ1v) is 5.97. The minimum atomic E-state index is 0.0522. The highest BCUT2D eigenvalue weighted by atomic mass is 16.2. The third kappa shape index (κ3) is 3.89. The predicted molar refractivity (Wildman–Crippen MR) is 73.2 cm³/mol. The summed E-state index contributed by atoms with van der Waals surface area (Å²) in [6, 6.07) is 5.52. The van der Waals surface area contributed by atoms with Gasteiger partial charge in [-0.05, 0) is 18.6 Å². The number of nitrogens with two attached hydrogens (primary N) is 1. The van der Waals surface area contributed by atoms with Crippen molar-refractivity contribution in [2.45, 2.75) is 13.3 Å². The van der Waals surface area contributed by atoms with Crippen molar-refractivity contribution in [3.05, 3.63) is 18.2 Å². The van der Waals surface area contributed by atoms with Crippen molar-refractivity contribution in [1.29, 1.82) is 0 Å². The minimum absolute atomic E-state index is 0.0522. The largest absolute Gasteiger partial charge is 0.347 e. The highest BCUT2D eigenvalue weighted by molar-refractivity contribution is 5.80. The lowest BCUT2D eigenvalue weighted by molar-refractivity contribution is -0.127. The number of hydrogen-bond acceptors (Lipinski definition) is 5. The molecule has 1 rings (SSSR count). The molecule has 18 heavy (non-hydrogen) atoms. The van der Waals surface area contributed by atoms with E-state index < -0.39 is 0 Å². The number of anilines is 2. The summed E-state index contributed by atoms with van der Waals surface area (Å²) in [5, 5.41) is 0. The molecular weight excluding hydrogens is 230 g/mol. The molecule has 1 aromatic rings. The van der Waals surface area contributed by atoms with E-state index in [2.05, 4.69) is 17.3 Å². The van der Waals surface area contributed by atoms with Crippen LogP contribution < -0.4 is 16.2 Å². The molecule has 0 saturated carbocycles. The smallest absolute Gasteiger partial charge is 0.241 e. The molecule has 0 spiro atoms. The molecule has 6 nitrogen and oxygen atoms in total. The number of rotatable bonds is 6. The highest BCUT2D eigenvalue weighted by Crippen LogP contribution is 2.14. The lowest BCUT2D eigenvalue weighted by atomic mass is 10.3. The van der Waals surface area contributed by atoms with Gasteiger partial charge in [-0.1, -0.05) is 13.0 Å². The quantitative estimate of drug-likeness (QED) is 0.574. The molecule has 100 valence electrons. The van der Waals surface area contributed by atoms with Crippen LogP contribution in [0.15, 0.2) is 18.2 Å². The van der Waals surface area contributed by atoms with Gasteiger partial charge in [-0.25, -0.2) is 10.8 Å². The van der Waals surface area contributed by atoms with Gasteiger partial charge in [-0.2, -0.15) is 0 Å². The molecule has 0 saturated heterocycles. The average Bonchev–Trinajstić information content (AvgIpc) is 2.38. The molecule has 0 aliphatic carbocycles. The van der Waals surface area contributed by atoms with Crippen molar-refractivity contribution in [3.8, 4) is 0 Å². The van der Waals surface area contributed by atoms with Crippen LogP contribution in [0.5, 0.6) is 0 Å². The van der Waals surface area contributed by atoms with Crippen molar-refractivity contribution >= 4 is 17.5 Å². The van der Waals surface area contributed by atoms with E-state index in [0.717, 1.165) is 18.8 Å². The molecule has 3 N–H and O–H groups in total. The zero-order chi connectivity index (χ0) is 13.5. The number of nitrogens with zero attached hydrogens (tertiary/aromatic N) is 3. The molecule has 1 amide bonds. The summed E-state index contributed by atoms with van der Waals surface area (Å²) in [5.74, 6) is 6.73. The van der Waals surface area contributed by atoms with Crippen LogP contribution in [0.1, 0.15) is 13.3 Å². The molecule has 6 heteroatoms. The second kappa shape index (κ2) is 6.80. The summed E-state index contributed by atoms with van der Waals surface area (Å²) < 4.78 is 0. The Morgan fingerprint density at radius 1 is 1.44 bits per heavy atom. The zero-order valence-corrected chi connectivity index (χ0v) is 11.2. The number of likely N-dealkylation sites (N-methyl/N-ethyl adjacent to an activating group) is 1. The summed E-state index contributed by atoms with van der Waals surface area (Å²) in [5.41, 5.74) is 2.51. The topological polar surface area (TPSA) is 74.5 Å². The first-order valence-electron chi connectivity index (χ1n) is 5.97. The van der Waals surface area contributed by atoms with Crippen LogP contribution in [-0.2, 0) is 4.79 Å². The molecule has 1 heterocycles. The van der Waals surface area contributed by atoms with Crippen molar-refractivity contribution < 1.29 is 4.79 Å². The van der Waals surface area contributed by atoms with E-state index >= 15 is 0 Å². The normalized spacial score (nSPS) is 10.0. The van der Waals surface area contributed by atoms with E-state index in [1.54, 1.807) is 25.1 Å². The van der Waals surface area contributed by atoms with E-state index in [4.69, 9.17) is 5.84 Å². The number of aromatic nitrogens is 1. The molecule has 0 radical (unpaired) electrons. The van der Waals surface area contributed by atoms with Crippen LogP contribution in [-0.4, -0.2) is 43.0 Å². The summed E-state index contributed by atoms with van der Waals surface area (Å²) >= 11 is 0. The fourth-order valence-electron chi connectivity index (χ4n) is 1.53. The summed E-state index contributed by atoms with van der Waals surface area (Å²) in [4.78, 5) is 19.6. The summed E-state index contributed by atoms with van der Waals surface area (Å²) in [6.45, 7) is 3.17. The third-order valence-corrected chi connectivity index (χ3v) is 2.52. The molecule has 0 aliphatic rings. The second-order valence-electron chi connectivity index (χ2n) is 4.24. The summed E-state index contributed by atoms with van der Waals surface area (Å²) in [7, 11) is 3.50. The van der Waals surface area contributed by atoms with Crippen LogP contribution >= 0.6 is 0 Å². The van der Waals surface area contributed by atoms with Gasteiger partial charge in [0.15, 0.2) is 0 Å². The SMILES string of the molecule is CCCN(CC(=O)N(C)C)c1cccc(NN)n1. The Labute approximate surface area is 108 Å². The fraction of sp³-hybridized carbons (Fsp3) is 0.500. The van der Waals surface area contributed by atoms with Gasteiger partial charge in [-0.15, -0.1) is 0 Å². The van der Waals surface area contributed by atoms with E-state index in [-0.39, 0.29) is 5.91 Å². The molecule has 0 fully saturated rings. The highest BCUT2D eigenvalue weighted by Gasteiger charge is 2.13. The lowest BCUT2D eigenvalue weighted by Gasteiger charge is -2.24. The Bertz CT molecular complexity index is 394. The second-order valence-corrected chi connectivity index (χ2v) is 4.24. The fourth-order valence-corrected chi connectivity index (χ4v) is 1.53. The van der Waals surface area contributed by atoms with Gasteiger partial charge in [0.1, 0.15) is 11.6 Å². The Morgan fingerprint density at radius 3 is 2.72 bits per heavy atom. The van der Waals surface area contributed by atoms with Gasteiger partial charge in [0.05, 0.1) is 6.54 Å². The predicted octanol–water partition coefficient (Wildman–Crippen LogP) is 0.672. The molecule has 1 aromatic heterocycles. The first-order chi connectivity index (χ1) is 8.58. The number of amides is 1. The minimum Gasteiger partial charge on any atom is -0.347 e. The Morgan fingerprint density at radius 2 is 2.17 bits per heavy atom. The molecule has 0 aliphatic heterocycles. The van der Waals surface area contributed by atoms with Gasteiger partial charge in [0, 0.05) is 20.6 Å². The molecule has 0 atom stereocenters. The van der Waals surface area contributed by atoms with Crippen LogP contribution in [0.3, 0.4) is 0 Å². The number of nitrogen functional groups attached to an aromatic ring is 1. The average molecular weight is 251 g/mol. The van der Waals surface area contributed by atoms with Crippen molar-refractivity contribution in [2.75, 3.05) is 37.5 Å². The van der Waals surface area contributed by atoms with Crippen LogP contribution in [0.25, 0.3) is 0 Å². The Hall–Kier alpha value is -1.82. The monoisotopic (exact) mass is 251 g/mol. The van der Waals surface area contributed by atoms with E-state index in [9.17, 15) is 4.79 Å². The van der Waals surface area contributed by atoms with Gasteiger partial charge in [0.2, 0.25) is 5.91 Å². The molecule has 0 bridgehead atoms. The van der Waals surface area contributed by atoms with Crippen LogP contribution in [0.4, 0.5) is 11.6 Å². The maximum atomic E-state index is 11.8. The molecular formula is C12H21N5O. The Balaban J connectivity index is 2.85.